The van der Waals surface area contributed by atoms with E-state index in [0.29, 0.717) is 6.54 Å². The molecule has 7 rings (SSSR count). The fraction of sp³-hybridized carbons (Fsp3) is 0.476. The number of thiophene rings is 1. The van der Waals surface area contributed by atoms with E-state index in [4.69, 9.17) is 14.7 Å². The molecule has 2 aromatic carbocycles. The molecule has 302 valence electrons. The molecule has 5 aromatic rings. The molecule has 1 unspecified atom stereocenters. The second kappa shape index (κ2) is 16.2. The summed E-state index contributed by atoms with van der Waals surface area (Å²) in [5.74, 6) is -0.205. The number of carbonyl (C=O) groups excluding carboxylic acids is 4. The topological polar surface area (TPSA) is 174 Å². The van der Waals surface area contributed by atoms with Gasteiger partial charge in [-0.3, -0.25) is 19.2 Å². The van der Waals surface area contributed by atoms with E-state index in [9.17, 15) is 24.3 Å². The number of amides is 3. The number of hydrogen-bond acceptors (Lipinski definition) is 9. The number of hydrogen-bond donors (Lipinski definition) is 4. The SMILES string of the molecule is COC(=O)C[C@H](C(=O)N1C[Si](C)(C)CC1c1ncc(-c2ccc(-c3ccc4c(ccc5[nH]c([C@@H]6CCCN6C(=O)[C@@H](NC(=O)CO)C(C)C)nc54)c3)s2)[nH]1)C(C)C. The highest BCUT2D eigenvalue weighted by Gasteiger charge is 2.46. The van der Waals surface area contributed by atoms with E-state index >= 15 is 0 Å². The Morgan fingerprint density at radius 1 is 0.965 bits per heavy atom. The van der Waals surface area contributed by atoms with Crippen LogP contribution in [0.15, 0.2) is 48.7 Å². The van der Waals surface area contributed by atoms with Gasteiger partial charge in [0.2, 0.25) is 17.7 Å². The van der Waals surface area contributed by atoms with Crippen molar-refractivity contribution in [2.75, 3.05) is 26.4 Å². The van der Waals surface area contributed by atoms with Gasteiger partial charge in [-0.25, -0.2) is 9.97 Å². The van der Waals surface area contributed by atoms with Gasteiger partial charge in [-0.1, -0.05) is 59.0 Å². The Bertz CT molecular complexity index is 2310. The standard InChI is InChI=1S/C42H53N7O6SSi/c1-23(2)28(18-36(52)55-5)41(53)49-22-57(6,7)21-32(49)39-43-19-30(45-39)34-15-14-33(56-34)26-10-12-27-25(17-26)11-13-29-38(27)47-40(44-29)31-9-8-16-48(31)42(54)37(24(3)4)46-35(51)20-50/h10-15,17,19,23-24,28,31-32,37,50H,8-9,16,18,20-22H2,1-7H3,(H,43,45)(H,44,47)(H,46,51)/t28-,31-,32?,37-/m0/s1. The van der Waals surface area contributed by atoms with Gasteiger partial charge in [0.1, 0.15) is 24.3 Å². The Kier molecular flexibility index (Phi) is 11.4. The van der Waals surface area contributed by atoms with E-state index in [-0.39, 0.29) is 48.1 Å². The van der Waals surface area contributed by atoms with Gasteiger partial charge in [0, 0.05) is 23.0 Å². The summed E-state index contributed by atoms with van der Waals surface area (Å²) in [4.78, 5) is 74.7. The van der Waals surface area contributed by atoms with Crippen LogP contribution in [0.2, 0.25) is 19.1 Å². The third kappa shape index (κ3) is 8.14. The molecule has 2 saturated heterocycles. The summed E-state index contributed by atoms with van der Waals surface area (Å²) >= 11 is 1.67. The summed E-state index contributed by atoms with van der Waals surface area (Å²) in [5.41, 5.74) is 3.71. The predicted molar refractivity (Wildman–Crippen MR) is 224 cm³/mol. The number of aliphatic hydroxyl groups is 1. The fourth-order valence-electron chi connectivity index (χ4n) is 8.46. The Morgan fingerprint density at radius 3 is 2.46 bits per heavy atom. The second-order valence-corrected chi connectivity index (χ2v) is 23.1. The molecule has 4 N–H and O–H groups in total. The van der Waals surface area contributed by atoms with E-state index < -0.39 is 32.5 Å². The molecule has 0 saturated carbocycles. The van der Waals surface area contributed by atoms with Gasteiger partial charge in [0.15, 0.2) is 0 Å². The number of benzene rings is 2. The van der Waals surface area contributed by atoms with Crippen LogP contribution in [0, 0.1) is 17.8 Å². The van der Waals surface area contributed by atoms with Crippen LogP contribution < -0.4 is 5.32 Å². The molecule has 2 fully saturated rings. The van der Waals surface area contributed by atoms with E-state index in [0.717, 1.165) is 79.5 Å². The van der Waals surface area contributed by atoms with Crippen molar-refractivity contribution in [1.82, 2.24) is 35.1 Å². The number of fused-ring (bicyclic) bond motifs is 3. The smallest absolute Gasteiger partial charge is 0.306 e. The molecule has 4 atom stereocenters. The van der Waals surface area contributed by atoms with Gasteiger partial charge < -0.3 is 34.9 Å². The number of imidazole rings is 2. The molecule has 13 nitrogen and oxygen atoms in total. The van der Waals surface area contributed by atoms with Crippen molar-refractivity contribution in [3.05, 3.63) is 60.3 Å². The van der Waals surface area contributed by atoms with Crippen LogP contribution in [-0.4, -0.2) is 99.1 Å². The minimum Gasteiger partial charge on any atom is -0.469 e. The maximum Gasteiger partial charge on any atom is 0.306 e. The van der Waals surface area contributed by atoms with Gasteiger partial charge in [-0.2, -0.15) is 0 Å². The summed E-state index contributed by atoms with van der Waals surface area (Å²) in [6.07, 6.45) is 4.23. The number of aromatic amines is 2. The average molecular weight is 812 g/mol. The normalized spacial score (nSPS) is 19.2. The third-order valence-corrected chi connectivity index (χ3v) is 15.4. The number of nitrogens with one attached hydrogen (secondary N) is 3. The summed E-state index contributed by atoms with van der Waals surface area (Å²) in [5, 5.41) is 14.0. The van der Waals surface area contributed by atoms with Crippen LogP contribution in [0.1, 0.15) is 70.7 Å². The number of nitrogens with zero attached hydrogens (tertiary/aromatic N) is 4. The number of H-pyrrole nitrogens is 2. The van der Waals surface area contributed by atoms with E-state index in [2.05, 4.69) is 64.8 Å². The summed E-state index contributed by atoms with van der Waals surface area (Å²) in [6, 6.07) is 14.5. The first kappa shape index (κ1) is 40.3. The maximum absolute atomic E-state index is 14.0. The number of methoxy groups -OCH3 is 1. The predicted octanol–water partition coefficient (Wildman–Crippen LogP) is 6.60. The molecule has 2 aliphatic heterocycles. The Labute approximate surface area is 337 Å². The van der Waals surface area contributed by atoms with Crippen molar-refractivity contribution in [3.8, 4) is 21.0 Å². The van der Waals surface area contributed by atoms with Crippen molar-refractivity contribution >= 4 is 64.9 Å². The van der Waals surface area contributed by atoms with Crippen LogP contribution in [0.5, 0.6) is 0 Å². The first-order valence-electron chi connectivity index (χ1n) is 19.8. The first-order chi connectivity index (χ1) is 27.2. The summed E-state index contributed by atoms with van der Waals surface area (Å²) in [6.45, 7) is 12.2. The molecule has 3 amide bonds. The number of ether oxygens (including phenoxy) is 1. The van der Waals surface area contributed by atoms with Crippen molar-refractivity contribution in [3.63, 3.8) is 0 Å². The lowest BCUT2D eigenvalue weighted by Gasteiger charge is -2.30. The van der Waals surface area contributed by atoms with E-state index in [1.807, 2.05) is 44.9 Å². The van der Waals surface area contributed by atoms with Crippen LogP contribution in [-0.2, 0) is 23.9 Å². The number of likely N-dealkylation sites (tertiary alicyclic amines) is 1. The lowest BCUT2D eigenvalue weighted by molar-refractivity contribution is -0.148. The number of rotatable bonds is 12. The summed E-state index contributed by atoms with van der Waals surface area (Å²) < 4.78 is 4.92. The molecular formula is C42H53N7O6SSi. The quantitative estimate of drug-likeness (QED) is 0.0806. The van der Waals surface area contributed by atoms with Crippen molar-refractivity contribution < 1.29 is 29.0 Å². The molecule has 2 aliphatic rings. The van der Waals surface area contributed by atoms with Gasteiger partial charge in [0.05, 0.1) is 67.4 Å². The fourth-order valence-corrected chi connectivity index (χ4v) is 12.3. The van der Waals surface area contributed by atoms with Crippen molar-refractivity contribution in [2.45, 2.75) is 84.2 Å². The number of esters is 1. The van der Waals surface area contributed by atoms with Gasteiger partial charge in [0.25, 0.3) is 0 Å². The minimum atomic E-state index is -1.73. The lowest BCUT2D eigenvalue weighted by Crippen LogP contribution is -2.51. The molecule has 0 radical (unpaired) electrons. The molecular weight excluding hydrogens is 759 g/mol. The Morgan fingerprint density at radius 2 is 1.74 bits per heavy atom. The summed E-state index contributed by atoms with van der Waals surface area (Å²) in [7, 11) is -0.368. The number of carbonyl (C=O) groups is 4. The molecule has 0 bridgehead atoms. The highest BCUT2D eigenvalue weighted by Crippen LogP contribution is 2.41. The molecule has 5 heterocycles. The zero-order valence-corrected chi connectivity index (χ0v) is 35.5. The lowest BCUT2D eigenvalue weighted by atomic mass is 9.91. The van der Waals surface area contributed by atoms with Gasteiger partial charge >= 0.3 is 5.97 Å². The number of aliphatic hydroxyl groups excluding tert-OH is 1. The molecule has 15 heteroatoms. The zero-order valence-electron chi connectivity index (χ0n) is 33.7. The molecule has 0 spiro atoms. The maximum atomic E-state index is 14.0. The highest BCUT2D eigenvalue weighted by atomic mass is 32.1. The minimum absolute atomic E-state index is 0.00343. The third-order valence-electron chi connectivity index (χ3n) is 11.5. The molecule has 3 aromatic heterocycles. The monoisotopic (exact) mass is 811 g/mol. The Balaban J connectivity index is 1.10. The van der Waals surface area contributed by atoms with Crippen molar-refractivity contribution in [1.29, 1.82) is 0 Å². The zero-order chi connectivity index (χ0) is 40.8. The second-order valence-electron chi connectivity index (χ2n) is 17.0. The van der Waals surface area contributed by atoms with Gasteiger partial charge in [-0.15, -0.1) is 11.3 Å². The van der Waals surface area contributed by atoms with E-state index in [1.165, 1.54) is 7.11 Å². The molecule has 57 heavy (non-hydrogen) atoms. The van der Waals surface area contributed by atoms with Crippen LogP contribution in [0.4, 0.5) is 0 Å². The highest BCUT2D eigenvalue weighted by molar-refractivity contribution is 7.18. The van der Waals surface area contributed by atoms with Crippen molar-refractivity contribution in [2.24, 2.45) is 17.8 Å². The van der Waals surface area contributed by atoms with Crippen LogP contribution in [0.25, 0.3) is 42.8 Å². The molecule has 0 aliphatic carbocycles. The first-order valence-corrected chi connectivity index (χ1v) is 24.1. The average Bonchev–Trinajstić information content (AvgIpc) is 4.03. The number of aromatic nitrogens is 4. The van der Waals surface area contributed by atoms with E-state index in [1.54, 1.807) is 16.2 Å². The van der Waals surface area contributed by atoms with Gasteiger partial charge in [-0.05, 0) is 65.9 Å². The Hall–Kier alpha value is -4.86. The van der Waals surface area contributed by atoms with Crippen LogP contribution in [0.3, 0.4) is 0 Å². The van der Waals surface area contributed by atoms with Crippen LogP contribution >= 0.6 is 11.3 Å². The largest absolute Gasteiger partial charge is 0.469 e.